The van der Waals surface area contributed by atoms with Crippen LogP contribution >= 0.6 is 0 Å². The molecule has 0 radical (unpaired) electrons. The summed E-state index contributed by atoms with van der Waals surface area (Å²) in [6.45, 7) is 0. The van der Waals surface area contributed by atoms with Crippen LogP contribution in [0.1, 0.15) is 15.9 Å². The van der Waals surface area contributed by atoms with E-state index in [1.54, 1.807) is 56.6 Å². The van der Waals surface area contributed by atoms with E-state index in [0.717, 1.165) is 0 Å². The van der Waals surface area contributed by atoms with Gasteiger partial charge in [0.05, 0.1) is 11.3 Å². The molecule has 0 unspecified atom stereocenters. The average Bonchev–Trinajstić information content (AvgIpc) is 2.55. The van der Waals surface area contributed by atoms with E-state index < -0.39 is 4.92 Å². The Kier molecular flexibility index (Phi) is 5.26. The number of hydrogen-bond acceptors (Lipinski definition) is 4. The van der Waals surface area contributed by atoms with Gasteiger partial charge in [-0.15, -0.1) is 0 Å². The normalized spacial score (nSPS) is 10.1. The number of carbonyl (C=O) groups excluding carboxylic acids is 2. The van der Waals surface area contributed by atoms with Gasteiger partial charge in [0, 0.05) is 37.0 Å². The Bertz CT molecular complexity index is 770. The minimum atomic E-state index is -0.510. The van der Waals surface area contributed by atoms with Crippen LogP contribution in [0.15, 0.2) is 48.5 Å². The van der Waals surface area contributed by atoms with Crippen LogP contribution in [-0.4, -0.2) is 35.7 Å². The lowest BCUT2D eigenvalue weighted by atomic mass is 10.1. The molecule has 2 aromatic carbocycles. The Labute approximate surface area is 139 Å². The number of nitro groups is 1. The van der Waals surface area contributed by atoms with Crippen molar-refractivity contribution in [3.63, 3.8) is 0 Å². The van der Waals surface area contributed by atoms with Gasteiger partial charge in [-0.2, -0.15) is 0 Å². The summed E-state index contributed by atoms with van der Waals surface area (Å²) < 4.78 is 0. The molecule has 0 atom stereocenters. The molecule has 0 saturated heterocycles. The molecule has 0 aliphatic carbocycles. The first-order chi connectivity index (χ1) is 11.4. The van der Waals surface area contributed by atoms with Gasteiger partial charge in [-0.3, -0.25) is 19.7 Å². The van der Waals surface area contributed by atoms with Crippen molar-refractivity contribution in [2.24, 2.45) is 0 Å². The van der Waals surface area contributed by atoms with Gasteiger partial charge in [0.1, 0.15) is 0 Å². The van der Waals surface area contributed by atoms with Crippen LogP contribution in [0.2, 0.25) is 0 Å². The Hall–Kier alpha value is -3.22. The molecule has 124 valence electrons. The number of rotatable bonds is 5. The maximum Gasteiger partial charge on any atom is 0.273 e. The fourth-order valence-electron chi connectivity index (χ4n) is 2.17. The van der Waals surface area contributed by atoms with Crippen LogP contribution in [0.25, 0.3) is 0 Å². The molecule has 2 amide bonds. The third-order valence-electron chi connectivity index (χ3n) is 3.36. The van der Waals surface area contributed by atoms with Crippen LogP contribution in [-0.2, 0) is 11.2 Å². The second-order valence-corrected chi connectivity index (χ2v) is 5.39. The molecule has 0 saturated carbocycles. The first-order valence-electron chi connectivity index (χ1n) is 7.22. The standard InChI is InChI=1S/C17H17N3O4/c1-19(2)17(22)12-7-9-14(10-8-12)18-16(21)11-13-5-3-4-6-15(13)20(23)24/h3-10H,11H2,1-2H3,(H,18,21). The van der Waals surface area contributed by atoms with Crippen molar-refractivity contribution < 1.29 is 14.5 Å². The molecule has 2 rings (SSSR count). The molecule has 0 bridgehead atoms. The zero-order valence-electron chi connectivity index (χ0n) is 13.4. The van der Waals surface area contributed by atoms with Gasteiger partial charge >= 0.3 is 0 Å². The Morgan fingerprint density at radius 2 is 1.71 bits per heavy atom. The van der Waals surface area contributed by atoms with Crippen molar-refractivity contribution in [1.82, 2.24) is 4.90 Å². The van der Waals surface area contributed by atoms with Gasteiger partial charge in [0.2, 0.25) is 5.91 Å². The second-order valence-electron chi connectivity index (χ2n) is 5.39. The van der Waals surface area contributed by atoms with E-state index in [-0.39, 0.29) is 23.9 Å². The lowest BCUT2D eigenvalue weighted by molar-refractivity contribution is -0.385. The van der Waals surface area contributed by atoms with E-state index >= 15 is 0 Å². The SMILES string of the molecule is CN(C)C(=O)c1ccc(NC(=O)Cc2ccccc2[N+](=O)[O-])cc1. The predicted octanol–water partition coefficient (Wildman–Crippen LogP) is 2.48. The van der Waals surface area contributed by atoms with Crippen LogP contribution < -0.4 is 5.32 Å². The molecule has 7 nitrogen and oxygen atoms in total. The van der Waals surface area contributed by atoms with Crippen LogP contribution in [0.3, 0.4) is 0 Å². The highest BCUT2D eigenvalue weighted by atomic mass is 16.6. The fourth-order valence-corrected chi connectivity index (χ4v) is 2.17. The van der Waals surface area contributed by atoms with Crippen LogP contribution in [0.4, 0.5) is 11.4 Å². The minimum absolute atomic E-state index is 0.0837. The third-order valence-corrected chi connectivity index (χ3v) is 3.36. The van der Waals surface area contributed by atoms with Gasteiger partial charge < -0.3 is 10.2 Å². The summed E-state index contributed by atoms with van der Waals surface area (Å²) in [5.41, 5.74) is 1.30. The number of nitro benzene ring substituents is 1. The number of para-hydroxylation sites is 1. The Morgan fingerprint density at radius 1 is 1.08 bits per heavy atom. The number of hydrogen-bond donors (Lipinski definition) is 1. The molecule has 1 N–H and O–H groups in total. The number of amides is 2. The van der Waals surface area contributed by atoms with Crippen LogP contribution in [0, 0.1) is 10.1 Å². The van der Waals surface area contributed by atoms with E-state index in [4.69, 9.17) is 0 Å². The van der Waals surface area contributed by atoms with E-state index in [9.17, 15) is 19.7 Å². The summed E-state index contributed by atoms with van der Waals surface area (Å²) >= 11 is 0. The highest BCUT2D eigenvalue weighted by Crippen LogP contribution is 2.19. The highest BCUT2D eigenvalue weighted by molar-refractivity contribution is 5.96. The van der Waals surface area contributed by atoms with Gasteiger partial charge in [-0.05, 0) is 24.3 Å². The number of anilines is 1. The molecule has 0 heterocycles. The van der Waals surface area contributed by atoms with Gasteiger partial charge in [0.25, 0.3) is 11.6 Å². The highest BCUT2D eigenvalue weighted by Gasteiger charge is 2.15. The topological polar surface area (TPSA) is 92.6 Å². The van der Waals surface area contributed by atoms with Crippen molar-refractivity contribution in [3.8, 4) is 0 Å². The smallest absolute Gasteiger partial charge is 0.273 e. The molecular weight excluding hydrogens is 310 g/mol. The molecule has 7 heteroatoms. The van der Waals surface area contributed by atoms with Gasteiger partial charge in [0.15, 0.2) is 0 Å². The van der Waals surface area contributed by atoms with Crippen molar-refractivity contribution in [3.05, 3.63) is 69.8 Å². The van der Waals surface area contributed by atoms with Gasteiger partial charge in [-0.1, -0.05) is 18.2 Å². The summed E-state index contributed by atoms with van der Waals surface area (Å²) in [4.78, 5) is 35.8. The maximum atomic E-state index is 12.1. The maximum absolute atomic E-state index is 12.1. The average molecular weight is 327 g/mol. The number of nitrogens with zero attached hydrogens (tertiary/aromatic N) is 2. The molecule has 0 aliphatic heterocycles. The predicted molar refractivity (Wildman–Crippen MR) is 89.9 cm³/mol. The molecule has 2 aromatic rings. The summed E-state index contributed by atoms with van der Waals surface area (Å²) in [6.07, 6.45) is -0.102. The minimum Gasteiger partial charge on any atom is -0.345 e. The summed E-state index contributed by atoms with van der Waals surface area (Å²) in [7, 11) is 3.32. The van der Waals surface area contributed by atoms with Crippen molar-refractivity contribution in [2.75, 3.05) is 19.4 Å². The molecule has 0 aliphatic rings. The first-order valence-corrected chi connectivity index (χ1v) is 7.22. The lowest BCUT2D eigenvalue weighted by Crippen LogP contribution is -2.21. The monoisotopic (exact) mass is 327 g/mol. The molecule has 0 spiro atoms. The number of nitrogens with one attached hydrogen (secondary N) is 1. The van der Waals surface area contributed by atoms with E-state index in [0.29, 0.717) is 16.8 Å². The first kappa shape index (κ1) is 17.1. The molecule has 0 aromatic heterocycles. The lowest BCUT2D eigenvalue weighted by Gasteiger charge is -2.11. The number of carbonyl (C=O) groups is 2. The van der Waals surface area contributed by atoms with Crippen molar-refractivity contribution >= 4 is 23.2 Å². The summed E-state index contributed by atoms with van der Waals surface area (Å²) in [5, 5.41) is 13.6. The summed E-state index contributed by atoms with van der Waals surface area (Å²) in [5.74, 6) is -0.497. The van der Waals surface area contributed by atoms with E-state index in [1.165, 1.54) is 11.0 Å². The quantitative estimate of drug-likeness (QED) is 0.674. The molecule has 24 heavy (non-hydrogen) atoms. The van der Waals surface area contributed by atoms with Crippen molar-refractivity contribution in [2.45, 2.75) is 6.42 Å². The van der Waals surface area contributed by atoms with Crippen molar-refractivity contribution in [1.29, 1.82) is 0 Å². The van der Waals surface area contributed by atoms with Gasteiger partial charge in [-0.25, -0.2) is 0 Å². The zero-order valence-corrected chi connectivity index (χ0v) is 13.4. The van der Waals surface area contributed by atoms with Crippen LogP contribution in [0.5, 0.6) is 0 Å². The number of benzene rings is 2. The largest absolute Gasteiger partial charge is 0.345 e. The van der Waals surface area contributed by atoms with E-state index in [2.05, 4.69) is 5.32 Å². The second kappa shape index (κ2) is 7.36. The summed E-state index contributed by atoms with van der Waals surface area (Å²) in [6, 6.07) is 12.6. The third kappa shape index (κ3) is 4.16. The Morgan fingerprint density at radius 3 is 2.29 bits per heavy atom. The Balaban J connectivity index is 2.05. The fraction of sp³-hybridized carbons (Fsp3) is 0.176. The zero-order chi connectivity index (χ0) is 17.7. The molecule has 0 fully saturated rings. The molecular formula is C17H17N3O4. The van der Waals surface area contributed by atoms with E-state index in [1.807, 2.05) is 0 Å².